The van der Waals surface area contributed by atoms with Crippen molar-refractivity contribution < 1.29 is 4.74 Å². The minimum atomic E-state index is 0.354. The summed E-state index contributed by atoms with van der Waals surface area (Å²) in [6.07, 6.45) is 7.86. The lowest BCUT2D eigenvalue weighted by Crippen LogP contribution is -2.42. The SMILES string of the molecule is c1ccc(-c2cc(N3CCC[C@@H](Nc4cc(N5CCOCC5)ccn4)C3)ccn2)nc1. The maximum Gasteiger partial charge on any atom is 0.128 e. The third-order valence-corrected chi connectivity index (χ3v) is 5.93. The first-order chi connectivity index (χ1) is 15.3. The van der Waals surface area contributed by atoms with Crippen molar-refractivity contribution in [1.82, 2.24) is 15.0 Å². The van der Waals surface area contributed by atoms with Crippen LogP contribution in [-0.2, 0) is 4.74 Å². The summed E-state index contributed by atoms with van der Waals surface area (Å²) in [4.78, 5) is 18.3. The largest absolute Gasteiger partial charge is 0.378 e. The minimum absolute atomic E-state index is 0.354. The van der Waals surface area contributed by atoms with Crippen LogP contribution in [0.3, 0.4) is 0 Å². The Balaban J connectivity index is 1.27. The van der Waals surface area contributed by atoms with Gasteiger partial charge in [0.2, 0.25) is 0 Å². The normalized spacial score (nSPS) is 19.3. The molecule has 5 rings (SSSR count). The molecule has 1 N–H and O–H groups in total. The smallest absolute Gasteiger partial charge is 0.128 e. The van der Waals surface area contributed by atoms with Gasteiger partial charge in [-0.25, -0.2) is 4.98 Å². The van der Waals surface area contributed by atoms with Crippen molar-refractivity contribution in [2.45, 2.75) is 18.9 Å². The van der Waals surface area contributed by atoms with E-state index in [2.05, 4.69) is 54.3 Å². The summed E-state index contributed by atoms with van der Waals surface area (Å²) in [5, 5.41) is 3.67. The fraction of sp³-hybridized carbons (Fsp3) is 0.375. The van der Waals surface area contributed by atoms with Crippen molar-refractivity contribution >= 4 is 17.2 Å². The van der Waals surface area contributed by atoms with E-state index < -0.39 is 0 Å². The summed E-state index contributed by atoms with van der Waals surface area (Å²) in [6.45, 7) is 5.42. The average Bonchev–Trinajstić information content (AvgIpc) is 2.86. The van der Waals surface area contributed by atoms with Gasteiger partial charge >= 0.3 is 0 Å². The zero-order valence-corrected chi connectivity index (χ0v) is 17.7. The van der Waals surface area contributed by atoms with Crippen LogP contribution in [0.15, 0.2) is 61.1 Å². The molecule has 2 saturated heterocycles. The molecule has 7 heteroatoms. The van der Waals surface area contributed by atoms with E-state index in [4.69, 9.17) is 4.74 Å². The van der Waals surface area contributed by atoms with E-state index in [1.807, 2.05) is 36.8 Å². The first kappa shape index (κ1) is 19.8. The van der Waals surface area contributed by atoms with Gasteiger partial charge in [-0.15, -0.1) is 0 Å². The summed E-state index contributed by atoms with van der Waals surface area (Å²) in [5.41, 5.74) is 4.22. The Kier molecular flexibility index (Phi) is 5.93. The molecule has 2 fully saturated rings. The first-order valence-corrected chi connectivity index (χ1v) is 11.0. The average molecular weight is 417 g/mol. The molecular formula is C24H28N6O. The van der Waals surface area contributed by atoms with Gasteiger partial charge in [0, 0.05) is 68.3 Å². The molecule has 7 nitrogen and oxygen atoms in total. The fourth-order valence-corrected chi connectivity index (χ4v) is 4.33. The van der Waals surface area contributed by atoms with Gasteiger partial charge in [-0.1, -0.05) is 6.07 Å². The highest BCUT2D eigenvalue weighted by Crippen LogP contribution is 2.26. The maximum atomic E-state index is 5.48. The maximum absolute atomic E-state index is 5.48. The third kappa shape index (κ3) is 4.77. The second-order valence-electron chi connectivity index (χ2n) is 8.04. The molecule has 0 aromatic carbocycles. The lowest BCUT2D eigenvalue weighted by molar-refractivity contribution is 0.122. The van der Waals surface area contributed by atoms with Crippen LogP contribution in [0.4, 0.5) is 17.2 Å². The van der Waals surface area contributed by atoms with Crippen LogP contribution in [-0.4, -0.2) is 60.4 Å². The van der Waals surface area contributed by atoms with E-state index in [9.17, 15) is 0 Å². The molecule has 5 heterocycles. The van der Waals surface area contributed by atoms with Crippen LogP contribution in [0.5, 0.6) is 0 Å². The van der Waals surface area contributed by atoms with Crippen LogP contribution < -0.4 is 15.1 Å². The summed E-state index contributed by atoms with van der Waals surface area (Å²) in [6, 6.07) is 14.8. The van der Waals surface area contributed by atoms with E-state index in [-0.39, 0.29) is 0 Å². The van der Waals surface area contributed by atoms with Crippen molar-refractivity contribution in [2.24, 2.45) is 0 Å². The quantitative estimate of drug-likeness (QED) is 0.683. The van der Waals surface area contributed by atoms with Crippen LogP contribution >= 0.6 is 0 Å². The van der Waals surface area contributed by atoms with Gasteiger partial charge in [0.05, 0.1) is 24.6 Å². The molecular weight excluding hydrogens is 388 g/mol. The minimum Gasteiger partial charge on any atom is -0.378 e. The number of pyridine rings is 3. The highest BCUT2D eigenvalue weighted by atomic mass is 16.5. The number of aromatic nitrogens is 3. The van der Waals surface area contributed by atoms with Gasteiger partial charge < -0.3 is 19.9 Å². The molecule has 0 aliphatic carbocycles. The molecule has 1 atom stereocenters. The van der Waals surface area contributed by atoms with Crippen molar-refractivity contribution in [3.05, 3.63) is 61.1 Å². The first-order valence-electron chi connectivity index (χ1n) is 11.0. The topological polar surface area (TPSA) is 66.4 Å². The number of rotatable bonds is 5. The molecule has 0 unspecified atom stereocenters. The Morgan fingerprint density at radius 2 is 1.61 bits per heavy atom. The van der Waals surface area contributed by atoms with Gasteiger partial charge in [0.25, 0.3) is 0 Å². The lowest BCUT2D eigenvalue weighted by Gasteiger charge is -2.35. The Labute approximate surface area is 183 Å². The summed E-state index contributed by atoms with van der Waals surface area (Å²) in [7, 11) is 0. The van der Waals surface area contributed by atoms with Gasteiger partial charge in [-0.05, 0) is 43.2 Å². The van der Waals surface area contributed by atoms with Crippen LogP contribution in [0, 0.1) is 0 Å². The monoisotopic (exact) mass is 416 g/mol. The summed E-state index contributed by atoms with van der Waals surface area (Å²) in [5.74, 6) is 0.944. The Morgan fingerprint density at radius 3 is 2.45 bits per heavy atom. The molecule has 160 valence electrons. The molecule has 3 aromatic rings. The number of hydrogen-bond acceptors (Lipinski definition) is 7. The van der Waals surface area contributed by atoms with E-state index in [0.717, 1.165) is 69.4 Å². The van der Waals surface area contributed by atoms with Gasteiger partial charge in [-0.2, -0.15) is 0 Å². The van der Waals surface area contributed by atoms with Crippen molar-refractivity contribution in [3.8, 4) is 11.4 Å². The number of hydrogen-bond donors (Lipinski definition) is 1. The standard InChI is InChI=1S/C24H28N6O/c1-2-8-25-22(5-1)23-16-20(6-9-26-23)30-11-3-4-19(18-30)28-24-17-21(7-10-27-24)29-12-14-31-15-13-29/h1-2,5-10,16-17,19H,3-4,11-15,18H2,(H,27,28)/t19-/m1/s1. The van der Waals surface area contributed by atoms with Crippen LogP contribution in [0.25, 0.3) is 11.4 Å². The van der Waals surface area contributed by atoms with E-state index >= 15 is 0 Å². The molecule has 31 heavy (non-hydrogen) atoms. The van der Waals surface area contributed by atoms with Crippen LogP contribution in [0.1, 0.15) is 12.8 Å². The van der Waals surface area contributed by atoms with Crippen molar-refractivity contribution in [3.63, 3.8) is 0 Å². The van der Waals surface area contributed by atoms with E-state index in [1.54, 1.807) is 0 Å². The molecule has 3 aromatic heterocycles. The summed E-state index contributed by atoms with van der Waals surface area (Å²) >= 11 is 0. The number of nitrogens with zero attached hydrogens (tertiary/aromatic N) is 5. The number of morpholine rings is 1. The van der Waals surface area contributed by atoms with E-state index in [1.165, 1.54) is 11.4 Å². The zero-order valence-electron chi connectivity index (χ0n) is 17.7. The van der Waals surface area contributed by atoms with Crippen molar-refractivity contribution in [1.29, 1.82) is 0 Å². The van der Waals surface area contributed by atoms with Gasteiger partial charge in [0.15, 0.2) is 0 Å². The predicted octanol–water partition coefficient (Wildman–Crippen LogP) is 3.46. The van der Waals surface area contributed by atoms with Gasteiger partial charge in [0.1, 0.15) is 5.82 Å². The molecule has 0 bridgehead atoms. The number of anilines is 3. The fourth-order valence-electron chi connectivity index (χ4n) is 4.33. The highest BCUT2D eigenvalue weighted by molar-refractivity contribution is 5.61. The predicted molar refractivity (Wildman–Crippen MR) is 124 cm³/mol. The molecule has 0 saturated carbocycles. The molecule has 0 spiro atoms. The third-order valence-electron chi connectivity index (χ3n) is 5.93. The Bertz CT molecular complexity index is 992. The van der Waals surface area contributed by atoms with Gasteiger partial charge in [-0.3, -0.25) is 9.97 Å². The number of nitrogens with one attached hydrogen (secondary N) is 1. The molecule has 2 aliphatic heterocycles. The second-order valence-corrected chi connectivity index (χ2v) is 8.04. The summed E-state index contributed by atoms with van der Waals surface area (Å²) < 4.78 is 5.48. The Morgan fingerprint density at radius 1 is 0.806 bits per heavy atom. The lowest BCUT2D eigenvalue weighted by atomic mass is 10.0. The second kappa shape index (κ2) is 9.31. The highest BCUT2D eigenvalue weighted by Gasteiger charge is 2.21. The van der Waals surface area contributed by atoms with E-state index in [0.29, 0.717) is 6.04 Å². The van der Waals surface area contributed by atoms with Crippen molar-refractivity contribution in [2.75, 3.05) is 54.5 Å². The molecule has 0 amide bonds. The molecule has 0 radical (unpaired) electrons. The number of piperidine rings is 1. The zero-order chi connectivity index (χ0) is 20.9. The molecule has 2 aliphatic rings. The number of ether oxygens (including phenoxy) is 1. The van der Waals surface area contributed by atoms with Crippen LogP contribution in [0.2, 0.25) is 0 Å². The Hall–Kier alpha value is -3.19.